The number of carbonyl (C=O) groups excluding carboxylic acids is 1. The molecule has 2 heterocycles. The van der Waals surface area contributed by atoms with Gasteiger partial charge in [0.15, 0.2) is 0 Å². The van der Waals surface area contributed by atoms with E-state index in [0.29, 0.717) is 18.2 Å². The summed E-state index contributed by atoms with van der Waals surface area (Å²) in [6.07, 6.45) is 1.55. The number of carbonyl (C=O) groups is 1. The van der Waals surface area contributed by atoms with Gasteiger partial charge in [-0.05, 0) is 44.5 Å². The van der Waals surface area contributed by atoms with Crippen molar-refractivity contribution in [2.24, 2.45) is 0 Å². The van der Waals surface area contributed by atoms with Gasteiger partial charge in [-0.3, -0.25) is 10.1 Å². The molecule has 1 unspecified atom stereocenters. The minimum Gasteiger partial charge on any atom is -0.439 e. The van der Waals surface area contributed by atoms with E-state index < -0.39 is 5.54 Å². The number of hydrogen-bond donors (Lipinski definition) is 1. The van der Waals surface area contributed by atoms with Crippen molar-refractivity contribution >= 4 is 5.91 Å². The van der Waals surface area contributed by atoms with E-state index in [9.17, 15) is 4.79 Å². The van der Waals surface area contributed by atoms with Gasteiger partial charge in [-0.1, -0.05) is 18.2 Å². The summed E-state index contributed by atoms with van der Waals surface area (Å²) >= 11 is 0. The molecule has 1 amide bonds. The fraction of sp³-hybridized carbons (Fsp3) is 0.333. The van der Waals surface area contributed by atoms with Gasteiger partial charge in [0, 0.05) is 18.8 Å². The maximum absolute atomic E-state index is 12.4. The lowest BCUT2D eigenvalue weighted by molar-refractivity contribution is -0.132. The fourth-order valence-electron chi connectivity index (χ4n) is 2.82. The number of hydrogen-bond acceptors (Lipinski definition) is 4. The monoisotopic (exact) mass is 311 g/mol. The standard InChI is InChI=1S/C18H21N3O2/c1-4-21-16(20-18(2,3)17(21)22)13-8-7-9-14(12-13)23-15-10-5-6-11-19-15/h5-12,16,20H,4H2,1-3H3. The second-order valence-corrected chi connectivity index (χ2v) is 6.11. The Hall–Kier alpha value is -2.40. The zero-order valence-corrected chi connectivity index (χ0v) is 13.6. The normalized spacial score (nSPS) is 19.9. The maximum atomic E-state index is 12.4. The molecule has 0 radical (unpaired) electrons. The van der Waals surface area contributed by atoms with E-state index in [0.717, 1.165) is 5.56 Å². The molecule has 1 fully saturated rings. The van der Waals surface area contributed by atoms with Gasteiger partial charge in [0.1, 0.15) is 11.9 Å². The van der Waals surface area contributed by atoms with Gasteiger partial charge in [0.2, 0.25) is 11.8 Å². The van der Waals surface area contributed by atoms with E-state index >= 15 is 0 Å². The summed E-state index contributed by atoms with van der Waals surface area (Å²) in [6, 6.07) is 13.3. The van der Waals surface area contributed by atoms with Gasteiger partial charge in [-0.2, -0.15) is 0 Å². The third kappa shape index (κ3) is 3.05. The van der Waals surface area contributed by atoms with Gasteiger partial charge in [0.05, 0.1) is 5.54 Å². The molecule has 0 spiro atoms. The molecule has 1 aromatic carbocycles. The van der Waals surface area contributed by atoms with Crippen molar-refractivity contribution in [1.29, 1.82) is 0 Å². The largest absolute Gasteiger partial charge is 0.439 e. The first-order chi connectivity index (χ1) is 11.0. The molecule has 1 atom stereocenters. The van der Waals surface area contributed by atoms with Crippen LogP contribution in [0.2, 0.25) is 0 Å². The van der Waals surface area contributed by atoms with Gasteiger partial charge >= 0.3 is 0 Å². The maximum Gasteiger partial charge on any atom is 0.243 e. The number of pyridine rings is 1. The summed E-state index contributed by atoms with van der Waals surface area (Å²) in [7, 11) is 0. The smallest absolute Gasteiger partial charge is 0.243 e. The molecular formula is C18H21N3O2. The lowest BCUT2D eigenvalue weighted by atomic mass is 10.1. The second-order valence-electron chi connectivity index (χ2n) is 6.11. The molecule has 5 heteroatoms. The van der Waals surface area contributed by atoms with Crippen LogP contribution < -0.4 is 10.1 Å². The third-order valence-corrected chi connectivity index (χ3v) is 3.98. The molecule has 0 bridgehead atoms. The molecule has 1 saturated heterocycles. The Morgan fingerprint density at radius 3 is 2.78 bits per heavy atom. The van der Waals surface area contributed by atoms with E-state index in [4.69, 9.17) is 4.74 Å². The van der Waals surface area contributed by atoms with E-state index in [1.54, 1.807) is 6.20 Å². The van der Waals surface area contributed by atoms with Crippen LogP contribution in [-0.4, -0.2) is 27.9 Å². The quantitative estimate of drug-likeness (QED) is 0.942. The van der Waals surface area contributed by atoms with Crippen LogP contribution in [0.3, 0.4) is 0 Å². The van der Waals surface area contributed by atoms with Crippen LogP contribution in [0.5, 0.6) is 11.6 Å². The average Bonchev–Trinajstić information content (AvgIpc) is 2.78. The molecule has 0 saturated carbocycles. The Kier molecular flexibility index (Phi) is 4.05. The first-order valence-electron chi connectivity index (χ1n) is 7.79. The van der Waals surface area contributed by atoms with Crippen LogP contribution in [0.15, 0.2) is 48.7 Å². The molecule has 3 rings (SSSR count). The lowest BCUT2D eigenvalue weighted by Crippen LogP contribution is -2.40. The molecule has 120 valence electrons. The number of benzene rings is 1. The van der Waals surface area contributed by atoms with Gasteiger partial charge in [-0.15, -0.1) is 0 Å². The van der Waals surface area contributed by atoms with Crippen molar-refractivity contribution in [1.82, 2.24) is 15.2 Å². The summed E-state index contributed by atoms with van der Waals surface area (Å²) in [5, 5.41) is 3.39. The summed E-state index contributed by atoms with van der Waals surface area (Å²) in [6.45, 7) is 6.46. The van der Waals surface area contributed by atoms with E-state index in [2.05, 4.69) is 10.3 Å². The number of nitrogens with one attached hydrogen (secondary N) is 1. The van der Waals surface area contributed by atoms with Crippen LogP contribution in [0.1, 0.15) is 32.5 Å². The molecule has 2 aromatic rings. The van der Waals surface area contributed by atoms with Gasteiger partial charge < -0.3 is 9.64 Å². The van der Waals surface area contributed by atoms with Crippen LogP contribution in [0.4, 0.5) is 0 Å². The van der Waals surface area contributed by atoms with E-state index in [1.165, 1.54) is 0 Å². The van der Waals surface area contributed by atoms with Crippen molar-refractivity contribution < 1.29 is 9.53 Å². The second kappa shape index (κ2) is 6.01. The molecule has 1 N–H and O–H groups in total. The van der Waals surface area contributed by atoms with Crippen molar-refractivity contribution in [3.05, 3.63) is 54.2 Å². The molecular weight excluding hydrogens is 290 g/mol. The highest BCUT2D eigenvalue weighted by Crippen LogP contribution is 2.32. The number of likely N-dealkylation sites (N-methyl/N-ethyl adjacent to an activating group) is 1. The van der Waals surface area contributed by atoms with Crippen molar-refractivity contribution in [3.8, 4) is 11.6 Å². The fourth-order valence-corrected chi connectivity index (χ4v) is 2.82. The Morgan fingerprint density at radius 2 is 2.09 bits per heavy atom. The Labute approximate surface area is 136 Å². The van der Waals surface area contributed by atoms with E-state index in [1.807, 2.05) is 68.1 Å². The predicted octanol–water partition coefficient (Wildman–Crippen LogP) is 3.10. The van der Waals surface area contributed by atoms with Crippen LogP contribution in [-0.2, 0) is 4.79 Å². The average molecular weight is 311 g/mol. The van der Waals surface area contributed by atoms with Crippen molar-refractivity contribution in [2.75, 3.05) is 6.54 Å². The number of nitrogens with zero attached hydrogens (tertiary/aromatic N) is 2. The third-order valence-electron chi connectivity index (χ3n) is 3.98. The highest BCUT2D eigenvalue weighted by Gasteiger charge is 2.44. The Balaban J connectivity index is 1.86. The molecule has 1 aliphatic heterocycles. The number of rotatable bonds is 4. The topological polar surface area (TPSA) is 54.5 Å². The highest BCUT2D eigenvalue weighted by atomic mass is 16.5. The van der Waals surface area contributed by atoms with Crippen molar-refractivity contribution in [2.45, 2.75) is 32.5 Å². The van der Waals surface area contributed by atoms with Gasteiger partial charge in [0.25, 0.3) is 0 Å². The minimum atomic E-state index is -0.557. The first-order valence-corrected chi connectivity index (χ1v) is 7.79. The van der Waals surface area contributed by atoms with Crippen molar-refractivity contribution in [3.63, 3.8) is 0 Å². The SMILES string of the molecule is CCN1C(=O)C(C)(C)NC1c1cccc(Oc2ccccn2)c1. The number of ether oxygens (including phenoxy) is 1. The summed E-state index contributed by atoms with van der Waals surface area (Å²) in [4.78, 5) is 18.5. The van der Waals surface area contributed by atoms with Crippen LogP contribution in [0.25, 0.3) is 0 Å². The molecule has 1 aromatic heterocycles. The Morgan fingerprint density at radius 1 is 1.26 bits per heavy atom. The number of amides is 1. The summed E-state index contributed by atoms with van der Waals surface area (Å²) in [5.41, 5.74) is 0.442. The van der Waals surface area contributed by atoms with Crippen LogP contribution in [0, 0.1) is 0 Å². The highest BCUT2D eigenvalue weighted by molar-refractivity contribution is 5.88. The van der Waals surface area contributed by atoms with Crippen LogP contribution >= 0.6 is 0 Å². The summed E-state index contributed by atoms with van der Waals surface area (Å²) in [5.74, 6) is 1.37. The zero-order valence-electron chi connectivity index (χ0n) is 13.6. The predicted molar refractivity (Wildman–Crippen MR) is 88.1 cm³/mol. The zero-order chi connectivity index (χ0) is 16.4. The van der Waals surface area contributed by atoms with E-state index in [-0.39, 0.29) is 12.1 Å². The molecule has 23 heavy (non-hydrogen) atoms. The molecule has 1 aliphatic rings. The molecule has 5 nitrogen and oxygen atoms in total. The summed E-state index contributed by atoms with van der Waals surface area (Å²) < 4.78 is 5.78. The first kappa shape index (κ1) is 15.5. The lowest BCUT2D eigenvalue weighted by Gasteiger charge is -2.23. The number of aromatic nitrogens is 1. The minimum absolute atomic E-state index is 0.112. The van der Waals surface area contributed by atoms with Gasteiger partial charge in [-0.25, -0.2) is 4.98 Å². The Bertz CT molecular complexity index is 700. The molecule has 0 aliphatic carbocycles.